The van der Waals surface area contributed by atoms with Crippen molar-refractivity contribution in [3.8, 4) is 11.5 Å². The molecule has 28 heavy (non-hydrogen) atoms. The molecule has 150 valence electrons. The average molecular weight is 397 g/mol. The molecule has 2 aromatic rings. The summed E-state index contributed by atoms with van der Waals surface area (Å²) in [5.41, 5.74) is 0.244. The molecule has 1 N–H and O–H groups in total. The van der Waals surface area contributed by atoms with Crippen LogP contribution in [0.5, 0.6) is 11.5 Å². The summed E-state index contributed by atoms with van der Waals surface area (Å²) in [4.78, 5) is 23.5. The SMILES string of the molecule is COc1ccc(CCC(=O)OCC(=O)Nc2ccc(F)c(F)c2F)cc1OC. The van der Waals surface area contributed by atoms with E-state index in [9.17, 15) is 22.8 Å². The van der Waals surface area contributed by atoms with Gasteiger partial charge in [-0.3, -0.25) is 9.59 Å². The molecule has 9 heteroatoms. The fraction of sp³-hybridized carbons (Fsp3) is 0.263. The number of nitrogens with one attached hydrogen (secondary N) is 1. The molecule has 0 aliphatic rings. The Morgan fingerprint density at radius 3 is 2.36 bits per heavy atom. The predicted molar refractivity (Wildman–Crippen MR) is 93.8 cm³/mol. The van der Waals surface area contributed by atoms with Crippen LogP contribution in [-0.4, -0.2) is 32.7 Å². The van der Waals surface area contributed by atoms with Gasteiger partial charge in [-0.1, -0.05) is 6.07 Å². The van der Waals surface area contributed by atoms with Crippen molar-refractivity contribution in [2.75, 3.05) is 26.1 Å². The van der Waals surface area contributed by atoms with E-state index in [4.69, 9.17) is 14.2 Å². The number of benzene rings is 2. The van der Waals surface area contributed by atoms with Gasteiger partial charge in [-0.25, -0.2) is 13.2 Å². The van der Waals surface area contributed by atoms with E-state index in [-0.39, 0.29) is 6.42 Å². The van der Waals surface area contributed by atoms with Crippen LogP contribution in [0.2, 0.25) is 0 Å². The van der Waals surface area contributed by atoms with Crippen molar-refractivity contribution in [2.45, 2.75) is 12.8 Å². The van der Waals surface area contributed by atoms with Crippen LogP contribution in [0.3, 0.4) is 0 Å². The van der Waals surface area contributed by atoms with E-state index in [1.54, 1.807) is 18.2 Å². The molecule has 0 saturated carbocycles. The fourth-order valence-electron chi connectivity index (χ4n) is 2.31. The molecule has 0 atom stereocenters. The van der Waals surface area contributed by atoms with Gasteiger partial charge in [0.1, 0.15) is 0 Å². The van der Waals surface area contributed by atoms with E-state index >= 15 is 0 Å². The molecule has 0 saturated heterocycles. The maximum Gasteiger partial charge on any atom is 0.306 e. The average Bonchev–Trinajstić information content (AvgIpc) is 2.70. The molecule has 0 radical (unpaired) electrons. The van der Waals surface area contributed by atoms with Gasteiger partial charge in [-0.15, -0.1) is 0 Å². The Kier molecular flexibility index (Phi) is 7.25. The smallest absolute Gasteiger partial charge is 0.306 e. The highest BCUT2D eigenvalue weighted by atomic mass is 19.2. The maximum absolute atomic E-state index is 13.5. The zero-order chi connectivity index (χ0) is 20.7. The highest BCUT2D eigenvalue weighted by Crippen LogP contribution is 2.28. The zero-order valence-electron chi connectivity index (χ0n) is 15.2. The number of ether oxygens (including phenoxy) is 3. The normalized spacial score (nSPS) is 10.3. The van der Waals surface area contributed by atoms with Crippen molar-refractivity contribution in [3.63, 3.8) is 0 Å². The summed E-state index contributed by atoms with van der Waals surface area (Å²) in [5.74, 6) is -5.09. The third-order valence-corrected chi connectivity index (χ3v) is 3.74. The Morgan fingerprint density at radius 1 is 0.964 bits per heavy atom. The van der Waals surface area contributed by atoms with Gasteiger partial charge in [0.05, 0.1) is 19.9 Å². The van der Waals surface area contributed by atoms with Gasteiger partial charge >= 0.3 is 5.97 Å². The number of methoxy groups -OCH3 is 2. The quantitative estimate of drug-likeness (QED) is 0.547. The second-order valence-electron chi connectivity index (χ2n) is 5.62. The van der Waals surface area contributed by atoms with Crippen LogP contribution in [-0.2, 0) is 20.7 Å². The maximum atomic E-state index is 13.5. The monoisotopic (exact) mass is 397 g/mol. The van der Waals surface area contributed by atoms with Crippen molar-refractivity contribution >= 4 is 17.6 Å². The van der Waals surface area contributed by atoms with Crippen molar-refractivity contribution < 1.29 is 37.0 Å². The molecule has 0 aromatic heterocycles. The molecule has 0 bridgehead atoms. The lowest BCUT2D eigenvalue weighted by molar-refractivity contribution is -0.147. The minimum atomic E-state index is -1.70. The standard InChI is InChI=1S/C19H18F3NO5/c1-26-14-7-3-11(9-15(14)27-2)4-8-17(25)28-10-16(24)23-13-6-5-12(20)18(21)19(13)22/h3,5-7,9H,4,8,10H2,1-2H3,(H,23,24). The second kappa shape index (κ2) is 9.63. The van der Waals surface area contributed by atoms with Crippen molar-refractivity contribution in [2.24, 2.45) is 0 Å². The number of esters is 1. The first kappa shape index (κ1) is 21.1. The third kappa shape index (κ3) is 5.38. The molecular formula is C19H18F3NO5. The number of aryl methyl sites for hydroxylation is 1. The first-order chi connectivity index (χ1) is 13.3. The highest BCUT2D eigenvalue weighted by Gasteiger charge is 2.16. The number of halogens is 3. The predicted octanol–water partition coefficient (Wildman–Crippen LogP) is 3.24. The number of rotatable bonds is 8. The Balaban J connectivity index is 1.82. The summed E-state index contributed by atoms with van der Waals surface area (Å²) in [7, 11) is 3.00. The van der Waals surface area contributed by atoms with Crippen molar-refractivity contribution in [3.05, 3.63) is 53.3 Å². The number of anilines is 1. The van der Waals surface area contributed by atoms with E-state index in [2.05, 4.69) is 0 Å². The lowest BCUT2D eigenvalue weighted by Gasteiger charge is -2.10. The first-order valence-electron chi connectivity index (χ1n) is 8.15. The van der Waals surface area contributed by atoms with E-state index in [0.29, 0.717) is 24.0 Å². The molecule has 0 aliphatic carbocycles. The van der Waals surface area contributed by atoms with Crippen molar-refractivity contribution in [1.29, 1.82) is 0 Å². The summed E-state index contributed by atoms with van der Waals surface area (Å²) in [5, 5.41) is 2.01. The van der Waals surface area contributed by atoms with Crippen LogP contribution < -0.4 is 14.8 Å². The summed E-state index contributed by atoms with van der Waals surface area (Å²) in [6.45, 7) is -0.691. The lowest BCUT2D eigenvalue weighted by atomic mass is 10.1. The van der Waals surface area contributed by atoms with Gasteiger partial charge in [0.25, 0.3) is 5.91 Å². The summed E-state index contributed by atoms with van der Waals surface area (Å²) < 4.78 is 54.5. The molecule has 0 aliphatic heterocycles. The fourth-order valence-corrected chi connectivity index (χ4v) is 2.31. The van der Waals surface area contributed by atoms with Crippen molar-refractivity contribution in [1.82, 2.24) is 0 Å². The summed E-state index contributed by atoms with van der Waals surface area (Å²) in [6.07, 6.45) is 0.320. The topological polar surface area (TPSA) is 73.9 Å². The van der Waals surface area contributed by atoms with Gasteiger partial charge in [-0.05, 0) is 36.2 Å². The number of carbonyl (C=O) groups excluding carboxylic acids is 2. The Labute approximate surface area is 159 Å². The van der Waals surface area contributed by atoms with E-state index < -0.39 is 41.6 Å². The minimum absolute atomic E-state index is 0.0116. The zero-order valence-corrected chi connectivity index (χ0v) is 15.2. The molecule has 2 rings (SSSR count). The Morgan fingerprint density at radius 2 is 1.68 bits per heavy atom. The van der Waals surface area contributed by atoms with Crippen LogP contribution in [0, 0.1) is 17.5 Å². The van der Waals surface area contributed by atoms with E-state index in [0.717, 1.165) is 11.6 Å². The summed E-state index contributed by atoms with van der Waals surface area (Å²) >= 11 is 0. The number of amides is 1. The third-order valence-electron chi connectivity index (χ3n) is 3.74. The first-order valence-corrected chi connectivity index (χ1v) is 8.15. The molecule has 0 spiro atoms. The molecule has 0 fully saturated rings. The number of carbonyl (C=O) groups is 2. The van der Waals surface area contributed by atoms with E-state index in [1.807, 2.05) is 5.32 Å². The van der Waals surface area contributed by atoms with Crippen LogP contribution in [0.1, 0.15) is 12.0 Å². The van der Waals surface area contributed by atoms with Gasteiger partial charge < -0.3 is 19.5 Å². The van der Waals surface area contributed by atoms with Crippen LogP contribution >= 0.6 is 0 Å². The minimum Gasteiger partial charge on any atom is -0.493 e. The van der Waals surface area contributed by atoms with Gasteiger partial charge in [0, 0.05) is 6.42 Å². The van der Waals surface area contributed by atoms with Gasteiger partial charge in [-0.2, -0.15) is 0 Å². The second-order valence-corrected chi connectivity index (χ2v) is 5.62. The molecule has 0 unspecified atom stereocenters. The molecule has 6 nitrogen and oxygen atoms in total. The highest BCUT2D eigenvalue weighted by molar-refractivity contribution is 5.92. The Bertz CT molecular complexity index is 873. The molecule has 0 heterocycles. The van der Waals surface area contributed by atoms with E-state index in [1.165, 1.54) is 14.2 Å². The lowest BCUT2D eigenvalue weighted by Crippen LogP contribution is -2.22. The number of hydrogen-bond donors (Lipinski definition) is 1. The van der Waals surface area contributed by atoms with Gasteiger partial charge in [0.2, 0.25) is 0 Å². The molecule has 2 aromatic carbocycles. The Hall–Kier alpha value is -3.23. The van der Waals surface area contributed by atoms with Crippen LogP contribution in [0.15, 0.2) is 30.3 Å². The molecule has 1 amide bonds. The number of hydrogen-bond acceptors (Lipinski definition) is 5. The van der Waals surface area contributed by atoms with Gasteiger partial charge in [0.15, 0.2) is 35.6 Å². The largest absolute Gasteiger partial charge is 0.493 e. The summed E-state index contributed by atoms with van der Waals surface area (Å²) in [6, 6.07) is 6.70. The molecular weight excluding hydrogens is 379 g/mol. The van der Waals surface area contributed by atoms with Crippen LogP contribution in [0.4, 0.5) is 18.9 Å². The van der Waals surface area contributed by atoms with Crippen LogP contribution in [0.25, 0.3) is 0 Å².